The standard InChI is InChI=1S/C17H19ClF2N2O3/c1-12(23)24-15(17(2,9-19)10-20)16(22-8-7-21-11-22)25-14-5-3-13(18)4-6-14/h3-8,11,15-16H,9-10H2,1-2H3. The molecule has 0 fully saturated rings. The number of hydrogen-bond donors (Lipinski definition) is 0. The van der Waals surface area contributed by atoms with Crippen LogP contribution < -0.4 is 4.74 Å². The molecule has 136 valence electrons. The summed E-state index contributed by atoms with van der Waals surface area (Å²) in [5.41, 5.74) is -1.58. The van der Waals surface area contributed by atoms with Gasteiger partial charge in [0.25, 0.3) is 0 Å². The summed E-state index contributed by atoms with van der Waals surface area (Å²) in [7, 11) is 0. The fourth-order valence-electron chi connectivity index (χ4n) is 2.26. The van der Waals surface area contributed by atoms with Crippen molar-refractivity contribution in [3.05, 3.63) is 48.0 Å². The van der Waals surface area contributed by atoms with Crippen LogP contribution in [-0.4, -0.2) is 35.0 Å². The lowest BCUT2D eigenvalue weighted by Gasteiger charge is -2.37. The van der Waals surface area contributed by atoms with Crippen LogP contribution in [0.5, 0.6) is 5.75 Å². The number of halogens is 3. The molecule has 0 aliphatic heterocycles. The minimum Gasteiger partial charge on any atom is -0.466 e. The molecule has 1 aromatic heterocycles. The van der Waals surface area contributed by atoms with Gasteiger partial charge in [0.05, 0.1) is 11.7 Å². The second-order valence-corrected chi connectivity index (χ2v) is 6.36. The van der Waals surface area contributed by atoms with E-state index in [2.05, 4.69) is 4.98 Å². The first-order chi connectivity index (χ1) is 11.9. The summed E-state index contributed by atoms with van der Waals surface area (Å²) in [6.45, 7) is 0.472. The van der Waals surface area contributed by atoms with E-state index in [4.69, 9.17) is 21.1 Å². The van der Waals surface area contributed by atoms with Gasteiger partial charge in [0, 0.05) is 24.3 Å². The van der Waals surface area contributed by atoms with Crippen LogP contribution in [0.15, 0.2) is 43.0 Å². The Balaban J connectivity index is 2.42. The maximum absolute atomic E-state index is 13.6. The SMILES string of the molecule is CC(=O)OC(C(Oc1ccc(Cl)cc1)n1ccnc1)C(C)(CF)CF. The van der Waals surface area contributed by atoms with Crippen molar-refractivity contribution in [1.82, 2.24) is 9.55 Å². The van der Waals surface area contributed by atoms with Gasteiger partial charge in [-0.3, -0.25) is 18.1 Å². The van der Waals surface area contributed by atoms with E-state index in [0.29, 0.717) is 10.8 Å². The summed E-state index contributed by atoms with van der Waals surface area (Å²) < 4.78 is 39.8. The van der Waals surface area contributed by atoms with E-state index in [0.717, 1.165) is 0 Å². The van der Waals surface area contributed by atoms with E-state index in [9.17, 15) is 13.6 Å². The monoisotopic (exact) mass is 372 g/mol. The number of ether oxygens (including phenoxy) is 2. The van der Waals surface area contributed by atoms with Crippen LogP contribution in [0.25, 0.3) is 0 Å². The van der Waals surface area contributed by atoms with Gasteiger partial charge in [-0.05, 0) is 24.3 Å². The molecule has 0 radical (unpaired) electrons. The Hall–Kier alpha value is -2.15. The summed E-state index contributed by atoms with van der Waals surface area (Å²) in [6.07, 6.45) is 2.25. The zero-order valence-electron chi connectivity index (χ0n) is 13.9. The van der Waals surface area contributed by atoms with Crippen molar-refractivity contribution in [2.45, 2.75) is 26.2 Å². The van der Waals surface area contributed by atoms with Crippen molar-refractivity contribution in [2.24, 2.45) is 5.41 Å². The van der Waals surface area contributed by atoms with E-state index in [1.54, 1.807) is 30.5 Å². The number of rotatable bonds is 8. The zero-order valence-corrected chi connectivity index (χ0v) is 14.6. The molecule has 5 nitrogen and oxygen atoms in total. The highest BCUT2D eigenvalue weighted by atomic mass is 35.5. The lowest BCUT2D eigenvalue weighted by molar-refractivity contribution is -0.171. The normalized spacial score (nSPS) is 14.0. The van der Waals surface area contributed by atoms with Gasteiger partial charge in [-0.15, -0.1) is 0 Å². The fraction of sp³-hybridized carbons (Fsp3) is 0.412. The summed E-state index contributed by atoms with van der Waals surface area (Å²) in [6, 6.07) is 6.46. The van der Waals surface area contributed by atoms with Crippen LogP contribution in [0.3, 0.4) is 0 Å². The Kier molecular flexibility index (Phi) is 6.36. The third kappa shape index (κ3) is 4.69. The fourth-order valence-corrected chi connectivity index (χ4v) is 2.39. The number of nitrogens with zero attached hydrogens (tertiary/aromatic N) is 2. The molecule has 25 heavy (non-hydrogen) atoms. The molecule has 0 saturated heterocycles. The van der Waals surface area contributed by atoms with Crippen LogP contribution in [0, 0.1) is 5.41 Å². The lowest BCUT2D eigenvalue weighted by atomic mass is 9.85. The van der Waals surface area contributed by atoms with Crippen molar-refractivity contribution in [2.75, 3.05) is 13.3 Å². The van der Waals surface area contributed by atoms with Gasteiger partial charge in [-0.1, -0.05) is 18.5 Å². The van der Waals surface area contributed by atoms with E-state index in [1.165, 1.54) is 30.9 Å². The average molecular weight is 373 g/mol. The lowest BCUT2D eigenvalue weighted by Crippen LogP contribution is -2.47. The first-order valence-corrected chi connectivity index (χ1v) is 7.96. The number of hydrogen-bond acceptors (Lipinski definition) is 4. The van der Waals surface area contributed by atoms with Crippen LogP contribution in [0.2, 0.25) is 5.02 Å². The van der Waals surface area contributed by atoms with Crippen molar-refractivity contribution in [1.29, 1.82) is 0 Å². The highest BCUT2D eigenvalue weighted by molar-refractivity contribution is 6.30. The van der Waals surface area contributed by atoms with Crippen molar-refractivity contribution >= 4 is 17.6 Å². The molecule has 0 N–H and O–H groups in total. The highest BCUT2D eigenvalue weighted by Gasteiger charge is 2.45. The Morgan fingerprint density at radius 2 is 1.96 bits per heavy atom. The van der Waals surface area contributed by atoms with Crippen LogP contribution >= 0.6 is 11.6 Å². The van der Waals surface area contributed by atoms with Gasteiger partial charge < -0.3 is 9.47 Å². The number of esters is 1. The molecule has 2 rings (SSSR count). The number of imidazole rings is 1. The zero-order chi connectivity index (χ0) is 18.4. The molecule has 0 saturated carbocycles. The minimum absolute atomic E-state index is 0.403. The Morgan fingerprint density at radius 1 is 1.32 bits per heavy atom. The van der Waals surface area contributed by atoms with Crippen molar-refractivity contribution in [3.63, 3.8) is 0 Å². The number of carbonyl (C=O) groups excluding carboxylic acids is 1. The largest absolute Gasteiger partial charge is 0.466 e. The van der Waals surface area contributed by atoms with E-state index in [-0.39, 0.29) is 0 Å². The highest BCUT2D eigenvalue weighted by Crippen LogP contribution is 2.35. The minimum atomic E-state index is -1.58. The molecule has 0 spiro atoms. The van der Waals surface area contributed by atoms with Crippen molar-refractivity contribution < 1.29 is 23.0 Å². The van der Waals surface area contributed by atoms with Crippen LogP contribution in [0.1, 0.15) is 20.1 Å². The van der Waals surface area contributed by atoms with Gasteiger partial charge in [0.15, 0.2) is 6.10 Å². The Bertz CT molecular complexity index is 676. The summed E-state index contributed by atoms with van der Waals surface area (Å²) in [5, 5.41) is 0.514. The van der Waals surface area contributed by atoms with Gasteiger partial charge in [0.2, 0.25) is 6.23 Å². The van der Waals surface area contributed by atoms with Crippen LogP contribution in [0.4, 0.5) is 8.78 Å². The maximum atomic E-state index is 13.6. The summed E-state index contributed by atoms with van der Waals surface area (Å²) >= 11 is 5.86. The van der Waals surface area contributed by atoms with Gasteiger partial charge in [0.1, 0.15) is 19.1 Å². The topological polar surface area (TPSA) is 53.4 Å². The smallest absolute Gasteiger partial charge is 0.303 e. The molecule has 0 aliphatic carbocycles. The van der Waals surface area contributed by atoms with E-state index < -0.39 is 37.1 Å². The molecule has 0 bridgehead atoms. The molecule has 2 atom stereocenters. The van der Waals surface area contributed by atoms with Gasteiger partial charge in [-0.2, -0.15) is 0 Å². The number of alkyl halides is 2. The van der Waals surface area contributed by atoms with E-state index >= 15 is 0 Å². The maximum Gasteiger partial charge on any atom is 0.303 e. The molecule has 8 heteroatoms. The third-order valence-electron chi connectivity index (χ3n) is 3.74. The van der Waals surface area contributed by atoms with Crippen LogP contribution in [-0.2, 0) is 9.53 Å². The number of benzene rings is 1. The first kappa shape index (κ1) is 19.2. The second-order valence-electron chi connectivity index (χ2n) is 5.92. The predicted octanol–water partition coefficient (Wildman–Crippen LogP) is 3.99. The third-order valence-corrected chi connectivity index (χ3v) is 3.99. The molecular formula is C17H19ClF2N2O3. The number of aromatic nitrogens is 2. The predicted molar refractivity (Wildman–Crippen MR) is 89.0 cm³/mol. The summed E-state index contributed by atoms with van der Waals surface area (Å²) in [5.74, 6) is -0.261. The van der Waals surface area contributed by atoms with Gasteiger partial charge >= 0.3 is 5.97 Å². The molecule has 0 amide bonds. The van der Waals surface area contributed by atoms with E-state index in [1.807, 2.05) is 0 Å². The molecule has 2 unspecified atom stereocenters. The Morgan fingerprint density at radius 3 is 2.44 bits per heavy atom. The molecule has 2 aromatic rings. The molecule has 1 aromatic carbocycles. The molecule has 0 aliphatic rings. The second kappa shape index (κ2) is 8.29. The summed E-state index contributed by atoms with van der Waals surface area (Å²) in [4.78, 5) is 15.5. The molecular weight excluding hydrogens is 354 g/mol. The molecule has 1 heterocycles. The number of carbonyl (C=O) groups is 1. The Labute approximate surface area is 149 Å². The quantitative estimate of drug-likeness (QED) is 0.657. The first-order valence-electron chi connectivity index (χ1n) is 7.58. The average Bonchev–Trinajstić information content (AvgIpc) is 3.13. The van der Waals surface area contributed by atoms with Crippen molar-refractivity contribution in [3.8, 4) is 5.75 Å². The van der Waals surface area contributed by atoms with Gasteiger partial charge in [-0.25, -0.2) is 4.98 Å².